The topological polar surface area (TPSA) is 20.2 Å². The van der Waals surface area contributed by atoms with E-state index in [2.05, 4.69) is 18.7 Å². The fraction of sp³-hybridized carbons (Fsp3) is 0.600. The molecule has 0 saturated heterocycles. The number of aliphatic hydroxyl groups excluding tert-OH is 1. The Kier molecular flexibility index (Phi) is 3.37. The maximum Gasteiger partial charge on any atom is 0.0637 e. The van der Waals surface area contributed by atoms with Crippen LogP contribution in [0.3, 0.4) is 0 Å². The van der Waals surface area contributed by atoms with Crippen LogP contribution < -0.4 is 0 Å². The van der Waals surface area contributed by atoms with E-state index >= 15 is 0 Å². The lowest BCUT2D eigenvalue weighted by Gasteiger charge is -2.12. The van der Waals surface area contributed by atoms with Crippen molar-refractivity contribution in [1.82, 2.24) is 0 Å². The lowest BCUT2D eigenvalue weighted by molar-refractivity contribution is 0.138. The molecular formula is C10H16O. The van der Waals surface area contributed by atoms with Gasteiger partial charge in [-0.25, -0.2) is 0 Å². The van der Waals surface area contributed by atoms with E-state index in [4.69, 9.17) is 0 Å². The smallest absolute Gasteiger partial charge is 0.0637 e. The predicted molar refractivity (Wildman–Crippen MR) is 47.3 cm³/mol. The van der Waals surface area contributed by atoms with Crippen molar-refractivity contribution in [3.8, 4) is 0 Å². The Bertz CT molecular complexity index is 149. The Morgan fingerprint density at radius 3 is 3.00 bits per heavy atom. The molecule has 0 bridgehead atoms. The number of aliphatic hydroxyl groups is 1. The summed E-state index contributed by atoms with van der Waals surface area (Å²) in [5.74, 6) is 0.412. The van der Waals surface area contributed by atoms with Gasteiger partial charge in [0, 0.05) is 5.92 Å². The first-order chi connectivity index (χ1) is 5.34. The van der Waals surface area contributed by atoms with E-state index in [-0.39, 0.29) is 6.10 Å². The molecule has 0 fully saturated rings. The normalized spacial score (nSPS) is 29.2. The van der Waals surface area contributed by atoms with Gasteiger partial charge in [-0.1, -0.05) is 18.2 Å². The second-order valence-corrected chi connectivity index (χ2v) is 3.11. The quantitative estimate of drug-likeness (QED) is 0.484. The van der Waals surface area contributed by atoms with Gasteiger partial charge in [0.2, 0.25) is 0 Å². The molecular weight excluding hydrogens is 136 g/mol. The predicted octanol–water partition coefficient (Wildman–Crippen LogP) is 2.28. The molecule has 0 aromatic carbocycles. The van der Waals surface area contributed by atoms with Crippen LogP contribution in [-0.2, 0) is 0 Å². The van der Waals surface area contributed by atoms with Gasteiger partial charge in [0.15, 0.2) is 0 Å². The second kappa shape index (κ2) is 4.35. The molecule has 1 nitrogen and oxygen atoms in total. The highest BCUT2D eigenvalue weighted by molar-refractivity contribution is 5.01. The van der Waals surface area contributed by atoms with Crippen LogP contribution in [-0.4, -0.2) is 11.2 Å². The Morgan fingerprint density at radius 2 is 2.45 bits per heavy atom. The standard InChI is InChI=1S/C10H16O/c1-2-3-4-6-9-7-5-8-10(9)11/h2,5,7,9-11H,1,3-4,6,8H2. The zero-order valence-electron chi connectivity index (χ0n) is 6.87. The molecule has 0 spiro atoms. The molecule has 11 heavy (non-hydrogen) atoms. The Morgan fingerprint density at radius 1 is 1.64 bits per heavy atom. The molecule has 0 amide bonds. The molecule has 1 rings (SSSR count). The van der Waals surface area contributed by atoms with E-state index in [0.29, 0.717) is 5.92 Å². The minimum atomic E-state index is -0.111. The highest BCUT2D eigenvalue weighted by atomic mass is 16.3. The number of rotatable bonds is 4. The summed E-state index contributed by atoms with van der Waals surface area (Å²) in [5.41, 5.74) is 0. The minimum Gasteiger partial charge on any atom is -0.392 e. The van der Waals surface area contributed by atoms with Crippen molar-refractivity contribution >= 4 is 0 Å². The summed E-state index contributed by atoms with van der Waals surface area (Å²) in [6, 6.07) is 0. The van der Waals surface area contributed by atoms with Crippen molar-refractivity contribution in [2.24, 2.45) is 5.92 Å². The molecule has 62 valence electrons. The van der Waals surface area contributed by atoms with Crippen LogP contribution in [0.5, 0.6) is 0 Å². The molecule has 0 radical (unpaired) electrons. The van der Waals surface area contributed by atoms with E-state index in [1.165, 1.54) is 0 Å². The summed E-state index contributed by atoms with van der Waals surface area (Å²) < 4.78 is 0. The fourth-order valence-electron chi connectivity index (χ4n) is 1.48. The molecule has 0 aromatic heterocycles. The fourth-order valence-corrected chi connectivity index (χ4v) is 1.48. The summed E-state index contributed by atoms with van der Waals surface area (Å²) in [5, 5.41) is 9.40. The molecule has 0 aliphatic heterocycles. The largest absolute Gasteiger partial charge is 0.392 e. The number of hydrogen-bond acceptors (Lipinski definition) is 1. The zero-order chi connectivity index (χ0) is 8.10. The van der Waals surface area contributed by atoms with E-state index in [1.54, 1.807) is 0 Å². The van der Waals surface area contributed by atoms with E-state index in [1.807, 2.05) is 6.08 Å². The third kappa shape index (κ3) is 2.51. The van der Waals surface area contributed by atoms with Gasteiger partial charge in [0.25, 0.3) is 0 Å². The monoisotopic (exact) mass is 152 g/mol. The third-order valence-electron chi connectivity index (χ3n) is 2.20. The van der Waals surface area contributed by atoms with Crippen molar-refractivity contribution in [2.45, 2.75) is 31.8 Å². The van der Waals surface area contributed by atoms with Gasteiger partial charge in [0.05, 0.1) is 6.10 Å². The second-order valence-electron chi connectivity index (χ2n) is 3.11. The number of hydrogen-bond donors (Lipinski definition) is 1. The number of allylic oxidation sites excluding steroid dienone is 1. The molecule has 1 aliphatic carbocycles. The van der Waals surface area contributed by atoms with Crippen LogP contribution in [0, 0.1) is 5.92 Å². The molecule has 1 N–H and O–H groups in total. The van der Waals surface area contributed by atoms with Crippen LogP contribution in [0.1, 0.15) is 25.7 Å². The van der Waals surface area contributed by atoms with Crippen molar-refractivity contribution in [3.05, 3.63) is 24.8 Å². The first-order valence-electron chi connectivity index (χ1n) is 4.30. The van der Waals surface area contributed by atoms with Gasteiger partial charge >= 0.3 is 0 Å². The highest BCUT2D eigenvalue weighted by Gasteiger charge is 2.18. The van der Waals surface area contributed by atoms with E-state index < -0.39 is 0 Å². The summed E-state index contributed by atoms with van der Waals surface area (Å²) in [7, 11) is 0. The zero-order valence-corrected chi connectivity index (χ0v) is 6.87. The average molecular weight is 152 g/mol. The lowest BCUT2D eigenvalue weighted by atomic mass is 9.99. The third-order valence-corrected chi connectivity index (χ3v) is 2.20. The Hall–Kier alpha value is -0.560. The minimum absolute atomic E-state index is 0.111. The van der Waals surface area contributed by atoms with Crippen molar-refractivity contribution in [2.75, 3.05) is 0 Å². The number of unbranched alkanes of at least 4 members (excludes halogenated alkanes) is 1. The summed E-state index contributed by atoms with van der Waals surface area (Å²) in [6.07, 6.45) is 10.2. The molecule has 1 heteroatoms. The van der Waals surface area contributed by atoms with Gasteiger partial charge < -0.3 is 5.11 Å². The van der Waals surface area contributed by atoms with Crippen LogP contribution in [0.4, 0.5) is 0 Å². The Labute approximate surface area is 68.4 Å². The molecule has 1 aliphatic rings. The van der Waals surface area contributed by atoms with Crippen LogP contribution in [0.15, 0.2) is 24.8 Å². The first kappa shape index (κ1) is 8.54. The molecule has 0 saturated carbocycles. The molecule has 2 unspecified atom stereocenters. The van der Waals surface area contributed by atoms with Crippen LogP contribution in [0.25, 0.3) is 0 Å². The van der Waals surface area contributed by atoms with Gasteiger partial charge in [-0.2, -0.15) is 0 Å². The Balaban J connectivity index is 2.15. The molecule has 0 heterocycles. The van der Waals surface area contributed by atoms with Gasteiger partial charge in [-0.15, -0.1) is 6.58 Å². The van der Waals surface area contributed by atoms with Gasteiger partial charge in [-0.3, -0.25) is 0 Å². The first-order valence-corrected chi connectivity index (χ1v) is 4.30. The molecule has 0 aromatic rings. The maximum absolute atomic E-state index is 9.40. The van der Waals surface area contributed by atoms with Crippen LogP contribution >= 0.6 is 0 Å². The SMILES string of the molecule is C=CCCCC1C=CCC1O. The summed E-state index contributed by atoms with van der Waals surface area (Å²) in [4.78, 5) is 0. The molecule has 2 atom stereocenters. The summed E-state index contributed by atoms with van der Waals surface area (Å²) >= 11 is 0. The van der Waals surface area contributed by atoms with Gasteiger partial charge in [-0.05, 0) is 25.7 Å². The maximum atomic E-state index is 9.40. The van der Waals surface area contributed by atoms with Crippen LogP contribution in [0.2, 0.25) is 0 Å². The van der Waals surface area contributed by atoms with Crippen molar-refractivity contribution in [1.29, 1.82) is 0 Å². The highest BCUT2D eigenvalue weighted by Crippen LogP contribution is 2.23. The van der Waals surface area contributed by atoms with Crippen molar-refractivity contribution < 1.29 is 5.11 Å². The average Bonchev–Trinajstić information content (AvgIpc) is 2.37. The van der Waals surface area contributed by atoms with Gasteiger partial charge in [0.1, 0.15) is 0 Å². The van der Waals surface area contributed by atoms with Crippen molar-refractivity contribution in [3.63, 3.8) is 0 Å². The van der Waals surface area contributed by atoms with E-state index in [9.17, 15) is 5.11 Å². The summed E-state index contributed by atoms with van der Waals surface area (Å²) in [6.45, 7) is 3.66. The lowest BCUT2D eigenvalue weighted by Crippen LogP contribution is -2.12. The van der Waals surface area contributed by atoms with E-state index in [0.717, 1.165) is 25.7 Å².